The number of aliphatic carboxylic acids is 1. The highest BCUT2D eigenvalue weighted by Gasteiger charge is 2.33. The lowest BCUT2D eigenvalue weighted by Crippen LogP contribution is -2.36. The lowest BCUT2D eigenvalue weighted by atomic mass is 9.87. The number of pyridine rings is 1. The standard InChI is InChI=1S/C26H27F4N3O4/c1-25(2,24(35)36)11-4-9-21(34)32-13-10-17-18-7-5-12-31-23(18)33(19(17)15-32)14-16-6-3-8-20(22(16)27)37-26(28,29)30/h3,5-8,12H,4,9-11,13-15H2,1-2H3,(H,35,36). The third-order valence-corrected chi connectivity index (χ3v) is 6.74. The van der Waals surface area contributed by atoms with E-state index in [9.17, 15) is 32.3 Å². The molecule has 0 unspecified atom stereocenters. The molecule has 0 fully saturated rings. The Balaban J connectivity index is 1.60. The van der Waals surface area contributed by atoms with Crippen molar-refractivity contribution in [2.24, 2.45) is 5.41 Å². The molecule has 7 nitrogen and oxygen atoms in total. The van der Waals surface area contributed by atoms with Gasteiger partial charge in [-0.1, -0.05) is 12.1 Å². The maximum Gasteiger partial charge on any atom is 0.573 e. The van der Waals surface area contributed by atoms with E-state index in [-0.39, 0.29) is 31.0 Å². The molecule has 4 rings (SSSR count). The van der Waals surface area contributed by atoms with Crippen molar-refractivity contribution in [3.8, 4) is 5.75 Å². The van der Waals surface area contributed by atoms with Gasteiger partial charge >= 0.3 is 12.3 Å². The van der Waals surface area contributed by atoms with Gasteiger partial charge in [-0.2, -0.15) is 0 Å². The molecule has 3 heterocycles. The number of carboxylic acids is 1. The van der Waals surface area contributed by atoms with E-state index in [1.165, 1.54) is 12.1 Å². The summed E-state index contributed by atoms with van der Waals surface area (Å²) in [5.74, 6) is -3.07. The average molecular weight is 522 g/mol. The summed E-state index contributed by atoms with van der Waals surface area (Å²) < 4.78 is 58.6. The smallest absolute Gasteiger partial charge is 0.481 e. The van der Waals surface area contributed by atoms with Crippen LogP contribution in [0.5, 0.6) is 5.75 Å². The first kappa shape index (κ1) is 26.4. The van der Waals surface area contributed by atoms with Crippen LogP contribution < -0.4 is 4.74 Å². The molecule has 0 aliphatic carbocycles. The molecule has 1 aliphatic rings. The first-order valence-electron chi connectivity index (χ1n) is 11.9. The molecule has 1 amide bonds. The Kier molecular flexibility index (Phi) is 7.16. The molecule has 1 aromatic carbocycles. The Bertz CT molecular complexity index is 1330. The molecule has 0 radical (unpaired) electrons. The maximum absolute atomic E-state index is 15.0. The molecule has 0 atom stereocenters. The van der Waals surface area contributed by atoms with Crippen LogP contribution in [0.15, 0.2) is 36.5 Å². The second-order valence-electron chi connectivity index (χ2n) is 9.77. The van der Waals surface area contributed by atoms with Crippen LogP contribution in [-0.4, -0.2) is 44.3 Å². The van der Waals surface area contributed by atoms with Crippen LogP contribution in [0.4, 0.5) is 17.6 Å². The highest BCUT2D eigenvalue weighted by Crippen LogP contribution is 2.33. The van der Waals surface area contributed by atoms with Gasteiger partial charge in [0.25, 0.3) is 0 Å². The minimum absolute atomic E-state index is 0.00791. The molecule has 0 bridgehead atoms. The summed E-state index contributed by atoms with van der Waals surface area (Å²) in [7, 11) is 0. The fourth-order valence-corrected chi connectivity index (χ4v) is 4.64. The summed E-state index contributed by atoms with van der Waals surface area (Å²) in [5, 5.41) is 10.1. The Hall–Kier alpha value is -3.63. The van der Waals surface area contributed by atoms with Gasteiger partial charge in [0.1, 0.15) is 5.65 Å². The number of amides is 1. The second kappa shape index (κ2) is 10.0. The number of rotatable bonds is 8. The molecule has 3 aromatic rings. The number of carbonyl (C=O) groups excluding carboxylic acids is 1. The van der Waals surface area contributed by atoms with E-state index in [4.69, 9.17) is 0 Å². The van der Waals surface area contributed by atoms with E-state index in [0.717, 1.165) is 22.7 Å². The third-order valence-electron chi connectivity index (χ3n) is 6.74. The van der Waals surface area contributed by atoms with Crippen molar-refractivity contribution < 1.29 is 37.0 Å². The highest BCUT2D eigenvalue weighted by atomic mass is 19.4. The van der Waals surface area contributed by atoms with Crippen LogP contribution in [0.2, 0.25) is 0 Å². The van der Waals surface area contributed by atoms with Crippen LogP contribution in [0.3, 0.4) is 0 Å². The third kappa shape index (κ3) is 5.70. The van der Waals surface area contributed by atoms with E-state index < -0.39 is 29.3 Å². The number of benzene rings is 1. The van der Waals surface area contributed by atoms with Gasteiger partial charge in [0.05, 0.1) is 18.5 Å². The van der Waals surface area contributed by atoms with Gasteiger partial charge in [-0.25, -0.2) is 9.37 Å². The SMILES string of the molecule is CC(C)(CCCC(=O)N1CCc2c(n(Cc3cccc(OC(F)(F)F)c3F)c3ncccc23)C1)C(=O)O. The molecule has 0 saturated carbocycles. The van der Waals surface area contributed by atoms with Crippen molar-refractivity contribution >= 4 is 22.9 Å². The monoisotopic (exact) mass is 521 g/mol. The number of halogens is 4. The van der Waals surface area contributed by atoms with Crippen LogP contribution in [0.25, 0.3) is 11.0 Å². The maximum atomic E-state index is 15.0. The predicted molar refractivity (Wildman–Crippen MR) is 126 cm³/mol. The van der Waals surface area contributed by atoms with E-state index in [0.29, 0.717) is 31.5 Å². The molecular weight excluding hydrogens is 494 g/mol. The van der Waals surface area contributed by atoms with E-state index in [2.05, 4.69) is 9.72 Å². The van der Waals surface area contributed by atoms with Gasteiger partial charge in [0.2, 0.25) is 5.91 Å². The summed E-state index contributed by atoms with van der Waals surface area (Å²) in [6.07, 6.45) is -1.94. The Morgan fingerprint density at radius 3 is 2.62 bits per heavy atom. The van der Waals surface area contributed by atoms with Crippen molar-refractivity contribution in [1.29, 1.82) is 0 Å². The van der Waals surface area contributed by atoms with Crippen LogP contribution in [-0.2, 0) is 29.1 Å². The summed E-state index contributed by atoms with van der Waals surface area (Å²) in [6.45, 7) is 3.83. The van der Waals surface area contributed by atoms with Crippen LogP contribution in [0.1, 0.15) is 49.9 Å². The van der Waals surface area contributed by atoms with Gasteiger partial charge < -0.3 is 19.3 Å². The van der Waals surface area contributed by atoms with Gasteiger partial charge in [-0.15, -0.1) is 13.2 Å². The van der Waals surface area contributed by atoms with Gasteiger partial charge in [0.15, 0.2) is 11.6 Å². The lowest BCUT2D eigenvalue weighted by molar-refractivity contribution is -0.275. The molecule has 0 saturated heterocycles. The molecule has 0 spiro atoms. The molecular formula is C26H27F4N3O4. The fourth-order valence-electron chi connectivity index (χ4n) is 4.64. The number of fused-ring (bicyclic) bond motifs is 3. The van der Waals surface area contributed by atoms with Crippen molar-refractivity contribution in [2.45, 2.75) is 59.0 Å². The Labute approximate surface area is 210 Å². The quantitative estimate of drug-likeness (QED) is 0.408. The molecule has 37 heavy (non-hydrogen) atoms. The number of carboxylic acid groups (broad SMARTS) is 1. The first-order chi connectivity index (χ1) is 17.4. The predicted octanol–water partition coefficient (Wildman–Crippen LogP) is 5.29. The number of hydrogen-bond acceptors (Lipinski definition) is 4. The van der Waals surface area contributed by atoms with Crippen molar-refractivity contribution in [2.75, 3.05) is 6.54 Å². The van der Waals surface area contributed by atoms with Gasteiger partial charge in [-0.05, 0) is 56.9 Å². The number of carbonyl (C=O) groups is 2. The molecule has 1 N–H and O–H groups in total. The first-order valence-corrected chi connectivity index (χ1v) is 11.9. The molecule has 198 valence electrons. The number of alkyl halides is 3. The number of nitrogens with zero attached hydrogens (tertiary/aromatic N) is 3. The normalized spacial score (nSPS) is 14.1. The molecule has 1 aliphatic heterocycles. The summed E-state index contributed by atoms with van der Waals surface area (Å²) in [5.41, 5.74) is 1.31. The zero-order valence-corrected chi connectivity index (χ0v) is 20.4. The van der Waals surface area contributed by atoms with Crippen molar-refractivity contribution in [3.63, 3.8) is 0 Å². The summed E-state index contributed by atoms with van der Waals surface area (Å²) >= 11 is 0. The topological polar surface area (TPSA) is 84.7 Å². The largest absolute Gasteiger partial charge is 0.573 e. The van der Waals surface area contributed by atoms with Crippen molar-refractivity contribution in [3.05, 3.63) is 59.2 Å². The highest BCUT2D eigenvalue weighted by molar-refractivity contribution is 5.84. The number of aromatic nitrogens is 2. The fraction of sp³-hybridized carbons (Fsp3) is 0.423. The summed E-state index contributed by atoms with van der Waals surface area (Å²) in [4.78, 5) is 30.4. The minimum atomic E-state index is -5.03. The zero-order chi connectivity index (χ0) is 27.0. The van der Waals surface area contributed by atoms with Gasteiger partial charge in [0, 0.05) is 35.8 Å². The van der Waals surface area contributed by atoms with E-state index >= 15 is 0 Å². The van der Waals surface area contributed by atoms with Gasteiger partial charge in [-0.3, -0.25) is 9.59 Å². The zero-order valence-electron chi connectivity index (χ0n) is 20.4. The second-order valence-corrected chi connectivity index (χ2v) is 9.77. The Morgan fingerprint density at radius 2 is 1.92 bits per heavy atom. The average Bonchev–Trinajstić information content (AvgIpc) is 3.13. The molecule has 2 aromatic heterocycles. The van der Waals surface area contributed by atoms with Crippen LogP contribution in [0, 0.1) is 11.2 Å². The number of ether oxygens (including phenoxy) is 1. The Morgan fingerprint density at radius 1 is 1.16 bits per heavy atom. The molecule has 11 heteroatoms. The van der Waals surface area contributed by atoms with Crippen LogP contribution >= 0.6 is 0 Å². The minimum Gasteiger partial charge on any atom is -0.481 e. The van der Waals surface area contributed by atoms with Crippen molar-refractivity contribution in [1.82, 2.24) is 14.5 Å². The number of hydrogen-bond donors (Lipinski definition) is 1. The lowest BCUT2D eigenvalue weighted by Gasteiger charge is -2.29. The van der Waals surface area contributed by atoms with E-state index in [1.807, 2.05) is 6.07 Å². The van der Waals surface area contributed by atoms with E-state index in [1.54, 1.807) is 35.6 Å². The summed E-state index contributed by atoms with van der Waals surface area (Å²) in [6, 6.07) is 7.24.